The van der Waals surface area contributed by atoms with Crippen LogP contribution in [0, 0.1) is 13.8 Å². The zero-order valence-electron chi connectivity index (χ0n) is 16.1. The molecular formula is C19H30N6S. The van der Waals surface area contributed by atoms with E-state index in [4.69, 9.17) is 5.10 Å². The number of aromatic nitrogens is 3. The van der Waals surface area contributed by atoms with Crippen molar-refractivity contribution in [1.29, 1.82) is 0 Å². The quantitative estimate of drug-likeness (QED) is 0.576. The van der Waals surface area contributed by atoms with Gasteiger partial charge in [0.15, 0.2) is 5.96 Å². The number of nitrogens with zero attached hydrogens (tertiary/aromatic N) is 4. The van der Waals surface area contributed by atoms with Crippen LogP contribution in [0.25, 0.3) is 0 Å². The van der Waals surface area contributed by atoms with Gasteiger partial charge in [0.2, 0.25) is 0 Å². The first-order valence-electron chi connectivity index (χ1n) is 9.65. The Hall–Kier alpha value is -1.89. The second kappa shape index (κ2) is 9.16. The maximum absolute atomic E-state index is 4.71. The van der Waals surface area contributed by atoms with Crippen molar-refractivity contribution in [3.63, 3.8) is 0 Å². The molecule has 0 unspecified atom stereocenters. The topological polar surface area (TPSA) is 67.1 Å². The zero-order valence-corrected chi connectivity index (χ0v) is 16.9. The van der Waals surface area contributed by atoms with Crippen LogP contribution in [0.4, 0.5) is 0 Å². The van der Waals surface area contributed by atoms with Gasteiger partial charge < -0.3 is 10.6 Å². The van der Waals surface area contributed by atoms with Crippen molar-refractivity contribution in [3.8, 4) is 0 Å². The lowest BCUT2D eigenvalue weighted by molar-refractivity contribution is 0.463. The summed E-state index contributed by atoms with van der Waals surface area (Å²) >= 11 is 1.78. The van der Waals surface area contributed by atoms with Crippen LogP contribution in [0.3, 0.4) is 0 Å². The fraction of sp³-hybridized carbons (Fsp3) is 0.632. The minimum Gasteiger partial charge on any atom is -0.357 e. The number of guanidine groups is 1. The molecule has 0 saturated heterocycles. The number of hydrogen-bond donors (Lipinski definition) is 2. The maximum Gasteiger partial charge on any atom is 0.191 e. The summed E-state index contributed by atoms with van der Waals surface area (Å²) in [6, 6.07) is 2.68. The lowest BCUT2D eigenvalue weighted by Crippen LogP contribution is -2.38. The molecule has 1 fully saturated rings. The number of thiazole rings is 1. The van der Waals surface area contributed by atoms with Crippen molar-refractivity contribution >= 4 is 17.3 Å². The van der Waals surface area contributed by atoms with Gasteiger partial charge in [-0.2, -0.15) is 5.10 Å². The van der Waals surface area contributed by atoms with E-state index in [9.17, 15) is 0 Å². The molecule has 1 aliphatic carbocycles. The van der Waals surface area contributed by atoms with Gasteiger partial charge in [0.25, 0.3) is 0 Å². The van der Waals surface area contributed by atoms with Crippen LogP contribution in [0.5, 0.6) is 0 Å². The number of aryl methyl sites for hydroxylation is 2. The highest BCUT2D eigenvalue weighted by molar-refractivity contribution is 7.11. The molecular weight excluding hydrogens is 344 g/mol. The Morgan fingerprint density at radius 1 is 1.31 bits per heavy atom. The Morgan fingerprint density at radius 3 is 2.81 bits per heavy atom. The van der Waals surface area contributed by atoms with Gasteiger partial charge in [0.05, 0.1) is 29.0 Å². The van der Waals surface area contributed by atoms with Crippen LogP contribution >= 0.6 is 11.3 Å². The first-order chi connectivity index (χ1) is 12.7. The third-order valence-corrected chi connectivity index (χ3v) is 5.94. The summed E-state index contributed by atoms with van der Waals surface area (Å²) < 4.78 is 2.13. The predicted molar refractivity (Wildman–Crippen MR) is 108 cm³/mol. The standard InChI is InChI=1S/C19H30N6S/c1-4-20-19(21-11-9-18-23-14(2)15(3)26-18)22-13-16-10-12-25(24-16)17-7-5-6-8-17/h10,12,17H,4-9,11,13H2,1-3H3,(H2,20,21,22). The van der Waals surface area contributed by atoms with Crippen LogP contribution in [0.1, 0.15) is 59.9 Å². The Morgan fingerprint density at radius 2 is 2.12 bits per heavy atom. The molecule has 142 valence electrons. The molecule has 6 nitrogen and oxygen atoms in total. The van der Waals surface area contributed by atoms with Crippen molar-refractivity contribution < 1.29 is 0 Å². The van der Waals surface area contributed by atoms with Gasteiger partial charge in [-0.1, -0.05) is 12.8 Å². The summed E-state index contributed by atoms with van der Waals surface area (Å²) in [4.78, 5) is 10.6. The first-order valence-corrected chi connectivity index (χ1v) is 10.5. The molecule has 0 atom stereocenters. The van der Waals surface area contributed by atoms with Gasteiger partial charge in [-0.05, 0) is 39.7 Å². The lowest BCUT2D eigenvalue weighted by Gasteiger charge is -2.10. The van der Waals surface area contributed by atoms with E-state index in [1.54, 1.807) is 11.3 Å². The minimum atomic E-state index is 0.587. The summed E-state index contributed by atoms with van der Waals surface area (Å²) in [6.45, 7) is 8.55. The number of aliphatic imine (C=N–C) groups is 1. The molecule has 1 aliphatic rings. The molecule has 2 aromatic rings. The Balaban J connectivity index is 1.51. The van der Waals surface area contributed by atoms with Crippen molar-refractivity contribution in [2.75, 3.05) is 13.1 Å². The molecule has 1 saturated carbocycles. The van der Waals surface area contributed by atoms with Crippen LogP contribution in [0.15, 0.2) is 17.3 Å². The lowest BCUT2D eigenvalue weighted by atomic mass is 10.3. The fourth-order valence-corrected chi connectivity index (χ4v) is 4.20. The van der Waals surface area contributed by atoms with Crippen LogP contribution in [-0.4, -0.2) is 33.8 Å². The summed E-state index contributed by atoms with van der Waals surface area (Å²) in [6.07, 6.45) is 8.18. The van der Waals surface area contributed by atoms with Gasteiger partial charge >= 0.3 is 0 Å². The molecule has 2 heterocycles. The Bertz CT molecular complexity index is 707. The minimum absolute atomic E-state index is 0.587. The predicted octanol–water partition coefficient (Wildman–Crippen LogP) is 3.37. The van der Waals surface area contributed by atoms with Gasteiger partial charge in [0, 0.05) is 30.6 Å². The molecule has 0 amide bonds. The highest BCUT2D eigenvalue weighted by Gasteiger charge is 2.17. The van der Waals surface area contributed by atoms with E-state index in [2.05, 4.69) is 58.3 Å². The van der Waals surface area contributed by atoms with Gasteiger partial charge in [-0.25, -0.2) is 9.98 Å². The van der Waals surface area contributed by atoms with Crippen molar-refractivity contribution in [1.82, 2.24) is 25.4 Å². The average molecular weight is 375 g/mol. The van der Waals surface area contributed by atoms with Crippen molar-refractivity contribution in [2.24, 2.45) is 4.99 Å². The van der Waals surface area contributed by atoms with Gasteiger partial charge in [0.1, 0.15) is 0 Å². The van der Waals surface area contributed by atoms with E-state index in [1.807, 2.05) is 0 Å². The molecule has 3 rings (SSSR count). The summed E-state index contributed by atoms with van der Waals surface area (Å²) in [5.41, 5.74) is 2.17. The van der Waals surface area contributed by atoms with Crippen molar-refractivity contribution in [3.05, 3.63) is 33.5 Å². The Labute approximate surface area is 160 Å². The maximum atomic E-state index is 4.71. The van der Waals surface area contributed by atoms with E-state index in [-0.39, 0.29) is 0 Å². The highest BCUT2D eigenvalue weighted by Crippen LogP contribution is 2.28. The second-order valence-corrected chi connectivity index (χ2v) is 8.13. The smallest absolute Gasteiger partial charge is 0.191 e. The van der Waals surface area contributed by atoms with Crippen LogP contribution in [-0.2, 0) is 13.0 Å². The first kappa shape index (κ1) is 18.9. The molecule has 2 N–H and O–H groups in total. The molecule has 26 heavy (non-hydrogen) atoms. The fourth-order valence-electron chi connectivity index (χ4n) is 3.27. The molecule has 0 bridgehead atoms. The van der Waals surface area contributed by atoms with E-state index in [0.717, 1.165) is 36.9 Å². The normalized spacial score (nSPS) is 15.6. The summed E-state index contributed by atoms with van der Waals surface area (Å²) in [5.74, 6) is 0.841. The summed E-state index contributed by atoms with van der Waals surface area (Å²) in [7, 11) is 0. The van der Waals surface area contributed by atoms with Crippen LogP contribution in [0.2, 0.25) is 0 Å². The molecule has 2 aromatic heterocycles. The van der Waals surface area contributed by atoms with E-state index in [1.165, 1.54) is 35.6 Å². The van der Waals surface area contributed by atoms with E-state index in [0.29, 0.717) is 12.6 Å². The third-order valence-electron chi connectivity index (χ3n) is 4.81. The Kier molecular flexibility index (Phi) is 6.66. The van der Waals surface area contributed by atoms with Crippen molar-refractivity contribution in [2.45, 2.75) is 65.5 Å². The molecule has 0 aliphatic heterocycles. The zero-order chi connectivity index (χ0) is 18.4. The SMILES string of the molecule is CCNC(=NCc1ccn(C2CCCC2)n1)NCCc1nc(C)c(C)s1. The van der Waals surface area contributed by atoms with Crippen LogP contribution < -0.4 is 10.6 Å². The second-order valence-electron chi connectivity index (χ2n) is 6.85. The van der Waals surface area contributed by atoms with Gasteiger partial charge in [-0.3, -0.25) is 4.68 Å². The number of nitrogens with one attached hydrogen (secondary N) is 2. The molecule has 0 spiro atoms. The largest absolute Gasteiger partial charge is 0.357 e. The van der Waals surface area contributed by atoms with E-state index < -0.39 is 0 Å². The number of rotatable bonds is 7. The summed E-state index contributed by atoms with van der Waals surface area (Å²) in [5, 5.41) is 12.6. The van der Waals surface area contributed by atoms with Gasteiger partial charge in [-0.15, -0.1) is 11.3 Å². The molecule has 0 radical (unpaired) electrons. The third kappa shape index (κ3) is 5.06. The molecule has 7 heteroatoms. The average Bonchev–Trinajstić information content (AvgIpc) is 3.35. The highest BCUT2D eigenvalue weighted by atomic mass is 32.1. The number of hydrogen-bond acceptors (Lipinski definition) is 4. The van der Waals surface area contributed by atoms with E-state index >= 15 is 0 Å². The monoisotopic (exact) mass is 374 g/mol. The molecule has 0 aromatic carbocycles.